The quantitative estimate of drug-likeness (QED) is 0.505. The summed E-state index contributed by atoms with van der Waals surface area (Å²) in [6.07, 6.45) is 4.17. The van der Waals surface area contributed by atoms with Crippen molar-refractivity contribution < 1.29 is 13.9 Å². The largest absolute Gasteiger partial charge is 0.496 e. The van der Waals surface area contributed by atoms with Gasteiger partial charge in [-0.3, -0.25) is 0 Å². The van der Waals surface area contributed by atoms with Gasteiger partial charge >= 0.3 is 0 Å². The molecule has 1 aliphatic rings. The van der Waals surface area contributed by atoms with Gasteiger partial charge in [-0.2, -0.15) is 5.10 Å². The summed E-state index contributed by atoms with van der Waals surface area (Å²) in [5, 5.41) is 8.36. The molecule has 5 rings (SSSR count). The van der Waals surface area contributed by atoms with E-state index in [4.69, 9.17) is 9.47 Å². The average Bonchev–Trinajstić information content (AvgIpc) is 3.22. The summed E-state index contributed by atoms with van der Waals surface area (Å²) in [6.45, 7) is 3.96. The molecule has 0 saturated heterocycles. The molecule has 1 aliphatic heterocycles. The molecule has 0 bridgehead atoms. The second-order valence-corrected chi connectivity index (χ2v) is 7.24. The van der Waals surface area contributed by atoms with Crippen LogP contribution in [-0.4, -0.2) is 33.5 Å². The minimum Gasteiger partial charge on any atom is -0.496 e. The SMILES string of the molecule is CCn1cnc2c(-c3ccc(F)c(-c4ccc5c(c4OC)CCOC5)c3)cnnc21. The zero-order valence-corrected chi connectivity index (χ0v) is 16.9. The number of aromatic nitrogens is 4. The van der Waals surface area contributed by atoms with Gasteiger partial charge in [0.1, 0.15) is 17.1 Å². The van der Waals surface area contributed by atoms with Crippen molar-refractivity contribution in [3.8, 4) is 28.0 Å². The van der Waals surface area contributed by atoms with E-state index in [1.165, 1.54) is 6.07 Å². The Morgan fingerprint density at radius 1 is 1.17 bits per heavy atom. The predicted molar refractivity (Wildman–Crippen MR) is 112 cm³/mol. The van der Waals surface area contributed by atoms with Crippen molar-refractivity contribution in [2.75, 3.05) is 13.7 Å². The molecule has 0 N–H and O–H groups in total. The molecule has 0 radical (unpaired) electrons. The Hall–Kier alpha value is -3.32. The van der Waals surface area contributed by atoms with Crippen LogP contribution in [0.15, 0.2) is 42.9 Å². The number of rotatable bonds is 4. The molecule has 3 heterocycles. The lowest BCUT2D eigenvalue weighted by Crippen LogP contribution is -2.11. The van der Waals surface area contributed by atoms with E-state index in [2.05, 4.69) is 15.2 Å². The number of hydrogen-bond donors (Lipinski definition) is 0. The average molecular weight is 404 g/mol. The van der Waals surface area contributed by atoms with Crippen LogP contribution in [0.3, 0.4) is 0 Å². The van der Waals surface area contributed by atoms with Crippen molar-refractivity contribution in [1.82, 2.24) is 19.7 Å². The lowest BCUT2D eigenvalue weighted by atomic mass is 9.93. The van der Waals surface area contributed by atoms with Crippen molar-refractivity contribution >= 4 is 11.2 Å². The van der Waals surface area contributed by atoms with Gasteiger partial charge in [0.05, 0.1) is 32.8 Å². The first-order valence-corrected chi connectivity index (χ1v) is 9.94. The van der Waals surface area contributed by atoms with Gasteiger partial charge in [0.2, 0.25) is 0 Å². The minimum absolute atomic E-state index is 0.304. The van der Waals surface area contributed by atoms with Crippen LogP contribution in [0.4, 0.5) is 4.39 Å². The van der Waals surface area contributed by atoms with E-state index in [9.17, 15) is 4.39 Å². The highest BCUT2D eigenvalue weighted by Gasteiger charge is 2.21. The van der Waals surface area contributed by atoms with Crippen LogP contribution in [0.25, 0.3) is 33.4 Å². The number of hydrogen-bond acceptors (Lipinski definition) is 5. The van der Waals surface area contributed by atoms with Crippen LogP contribution >= 0.6 is 0 Å². The van der Waals surface area contributed by atoms with E-state index in [1.807, 2.05) is 29.7 Å². The summed E-state index contributed by atoms with van der Waals surface area (Å²) >= 11 is 0. The number of halogens is 1. The van der Waals surface area contributed by atoms with Crippen LogP contribution in [-0.2, 0) is 24.3 Å². The Kier molecular flexibility index (Phi) is 4.67. The van der Waals surface area contributed by atoms with E-state index in [0.717, 1.165) is 46.3 Å². The topological polar surface area (TPSA) is 62.1 Å². The maximum absolute atomic E-state index is 15.0. The van der Waals surface area contributed by atoms with E-state index in [1.54, 1.807) is 25.7 Å². The molecule has 0 spiro atoms. The van der Waals surface area contributed by atoms with Gasteiger partial charge in [-0.25, -0.2) is 9.37 Å². The molecule has 2 aromatic carbocycles. The maximum atomic E-state index is 15.0. The molecular formula is C23H21FN4O2. The number of aryl methyl sites for hydroxylation is 1. The zero-order chi connectivity index (χ0) is 20.7. The number of ether oxygens (including phenoxy) is 2. The summed E-state index contributed by atoms with van der Waals surface area (Å²) in [7, 11) is 1.63. The van der Waals surface area contributed by atoms with Gasteiger partial charge in [-0.1, -0.05) is 18.2 Å². The van der Waals surface area contributed by atoms with E-state index in [-0.39, 0.29) is 5.82 Å². The monoisotopic (exact) mass is 404 g/mol. The highest BCUT2D eigenvalue weighted by atomic mass is 19.1. The number of methoxy groups -OCH3 is 1. The van der Waals surface area contributed by atoms with Gasteiger partial charge < -0.3 is 14.0 Å². The van der Waals surface area contributed by atoms with Gasteiger partial charge in [0.15, 0.2) is 5.65 Å². The molecule has 6 nitrogen and oxygen atoms in total. The first kappa shape index (κ1) is 18.7. The molecule has 0 unspecified atom stereocenters. The van der Waals surface area contributed by atoms with Crippen LogP contribution in [0.1, 0.15) is 18.1 Å². The summed E-state index contributed by atoms with van der Waals surface area (Å²) < 4.78 is 28.2. The van der Waals surface area contributed by atoms with E-state index < -0.39 is 0 Å². The number of benzene rings is 2. The Morgan fingerprint density at radius 3 is 2.90 bits per heavy atom. The molecule has 152 valence electrons. The third kappa shape index (κ3) is 2.93. The zero-order valence-electron chi connectivity index (χ0n) is 16.9. The summed E-state index contributed by atoms with van der Waals surface area (Å²) in [5.74, 6) is 0.404. The number of imidazole rings is 1. The lowest BCUT2D eigenvalue weighted by molar-refractivity contribution is 0.109. The second kappa shape index (κ2) is 7.50. The van der Waals surface area contributed by atoms with Crippen molar-refractivity contribution in [1.29, 1.82) is 0 Å². The van der Waals surface area contributed by atoms with Crippen LogP contribution in [0, 0.1) is 5.82 Å². The molecule has 0 amide bonds. The Balaban J connectivity index is 1.68. The molecule has 7 heteroatoms. The minimum atomic E-state index is -0.304. The fourth-order valence-electron chi connectivity index (χ4n) is 4.09. The molecule has 0 aliphatic carbocycles. The van der Waals surface area contributed by atoms with Crippen molar-refractivity contribution in [3.63, 3.8) is 0 Å². The standard InChI is InChI=1S/C23H21FN4O2/c1-3-28-13-25-21-19(11-26-27-23(21)28)14-5-7-20(24)18(10-14)17-6-4-15-12-30-9-8-16(15)22(17)29-2/h4-7,10-11,13H,3,8-9,12H2,1-2H3. The van der Waals surface area contributed by atoms with Crippen molar-refractivity contribution in [3.05, 3.63) is 59.8 Å². The van der Waals surface area contributed by atoms with Crippen LogP contribution in [0.5, 0.6) is 5.75 Å². The van der Waals surface area contributed by atoms with Crippen LogP contribution < -0.4 is 4.74 Å². The smallest absolute Gasteiger partial charge is 0.183 e. The molecule has 2 aromatic heterocycles. The Labute approximate surface area is 173 Å². The molecule has 30 heavy (non-hydrogen) atoms. The van der Waals surface area contributed by atoms with E-state index in [0.29, 0.717) is 30.2 Å². The van der Waals surface area contributed by atoms with Gasteiger partial charge in [0, 0.05) is 28.8 Å². The first-order valence-electron chi connectivity index (χ1n) is 9.94. The maximum Gasteiger partial charge on any atom is 0.183 e. The van der Waals surface area contributed by atoms with Gasteiger partial charge in [-0.15, -0.1) is 5.10 Å². The fourth-order valence-corrected chi connectivity index (χ4v) is 4.09. The Morgan fingerprint density at radius 2 is 2.07 bits per heavy atom. The molecule has 4 aromatic rings. The van der Waals surface area contributed by atoms with Gasteiger partial charge in [-0.05, 0) is 36.6 Å². The van der Waals surface area contributed by atoms with Gasteiger partial charge in [0.25, 0.3) is 0 Å². The molecule has 0 saturated carbocycles. The summed E-state index contributed by atoms with van der Waals surface area (Å²) in [5.41, 5.74) is 6.50. The molecule has 0 atom stereocenters. The predicted octanol–water partition coefficient (Wildman–Crippen LogP) is 4.40. The fraction of sp³-hybridized carbons (Fsp3) is 0.261. The van der Waals surface area contributed by atoms with Crippen molar-refractivity contribution in [2.45, 2.75) is 26.5 Å². The lowest BCUT2D eigenvalue weighted by Gasteiger charge is -2.22. The van der Waals surface area contributed by atoms with Crippen LogP contribution in [0.2, 0.25) is 0 Å². The third-order valence-corrected chi connectivity index (χ3v) is 5.63. The molecular weight excluding hydrogens is 383 g/mol. The van der Waals surface area contributed by atoms with E-state index >= 15 is 0 Å². The highest BCUT2D eigenvalue weighted by Crippen LogP contribution is 2.40. The number of nitrogens with zero attached hydrogens (tertiary/aromatic N) is 4. The first-order chi connectivity index (χ1) is 14.7. The second-order valence-electron chi connectivity index (χ2n) is 7.24. The normalized spacial score (nSPS) is 13.4. The summed E-state index contributed by atoms with van der Waals surface area (Å²) in [4.78, 5) is 4.51. The molecule has 0 fully saturated rings. The Bertz CT molecular complexity index is 1250. The third-order valence-electron chi connectivity index (χ3n) is 5.63. The van der Waals surface area contributed by atoms with Crippen molar-refractivity contribution in [2.24, 2.45) is 0 Å². The summed E-state index contributed by atoms with van der Waals surface area (Å²) in [6, 6.07) is 8.96. The number of fused-ring (bicyclic) bond motifs is 2. The highest BCUT2D eigenvalue weighted by molar-refractivity contribution is 5.90.